The maximum Gasteiger partial charge on any atom is 0.308 e. The minimum absolute atomic E-state index is 0.0586. The van der Waals surface area contributed by atoms with Gasteiger partial charge in [0.1, 0.15) is 12.4 Å². The average molecular weight is 260 g/mol. The van der Waals surface area contributed by atoms with Gasteiger partial charge in [-0.25, -0.2) is 0 Å². The van der Waals surface area contributed by atoms with Crippen LogP contribution in [0.2, 0.25) is 0 Å². The topological polar surface area (TPSA) is 55.8 Å². The van der Waals surface area contributed by atoms with Gasteiger partial charge in [-0.3, -0.25) is 4.79 Å². The molecule has 100 valence electrons. The summed E-state index contributed by atoms with van der Waals surface area (Å²) in [6.45, 7) is 0.0586. The van der Waals surface area contributed by atoms with Gasteiger partial charge in [-0.05, 0) is 11.5 Å². The molecule has 0 saturated carbocycles. The number of carbonyl (C=O) groups is 1. The molecule has 4 heteroatoms. The molecule has 0 radical (unpaired) electrons. The van der Waals surface area contributed by atoms with Crippen molar-refractivity contribution in [2.45, 2.75) is 12.5 Å². The maximum absolute atomic E-state index is 11.0. The minimum Gasteiger partial charge on any atom is -0.490 e. The van der Waals surface area contributed by atoms with E-state index >= 15 is 0 Å². The van der Waals surface area contributed by atoms with E-state index in [1.165, 1.54) is 7.11 Å². The molecule has 1 atom stereocenters. The second-order valence-electron chi connectivity index (χ2n) is 4.22. The van der Waals surface area contributed by atoms with E-state index in [4.69, 9.17) is 4.74 Å². The van der Waals surface area contributed by atoms with Crippen LogP contribution in [-0.2, 0) is 9.53 Å². The van der Waals surface area contributed by atoms with Gasteiger partial charge in [0.15, 0.2) is 0 Å². The summed E-state index contributed by atoms with van der Waals surface area (Å²) in [4.78, 5) is 11.0. The highest BCUT2D eigenvalue weighted by Crippen LogP contribution is 2.25. The molecule has 0 saturated heterocycles. The van der Waals surface area contributed by atoms with Crippen molar-refractivity contribution >= 4 is 16.7 Å². The first-order chi connectivity index (χ1) is 9.20. The highest BCUT2D eigenvalue weighted by molar-refractivity contribution is 5.88. The number of esters is 1. The SMILES string of the molecule is COC(=O)CC(O)COc1cccc2ccccc12. The predicted molar refractivity (Wildman–Crippen MR) is 72.1 cm³/mol. The number of carbonyl (C=O) groups excluding carboxylic acids is 1. The highest BCUT2D eigenvalue weighted by Gasteiger charge is 2.12. The number of fused-ring (bicyclic) bond motifs is 1. The minimum atomic E-state index is -0.869. The summed E-state index contributed by atoms with van der Waals surface area (Å²) in [6, 6.07) is 13.6. The Morgan fingerprint density at radius 2 is 1.95 bits per heavy atom. The van der Waals surface area contributed by atoms with E-state index in [9.17, 15) is 9.90 Å². The maximum atomic E-state index is 11.0. The fourth-order valence-electron chi connectivity index (χ4n) is 1.84. The van der Waals surface area contributed by atoms with E-state index in [1.807, 2.05) is 42.5 Å². The van der Waals surface area contributed by atoms with E-state index in [-0.39, 0.29) is 13.0 Å². The average Bonchev–Trinajstić information content (AvgIpc) is 2.44. The van der Waals surface area contributed by atoms with Crippen LogP contribution in [0, 0.1) is 0 Å². The fraction of sp³-hybridized carbons (Fsp3) is 0.267. The molecule has 0 aliphatic heterocycles. The molecule has 4 nitrogen and oxygen atoms in total. The van der Waals surface area contributed by atoms with Crippen LogP contribution in [-0.4, -0.2) is 30.9 Å². The van der Waals surface area contributed by atoms with Crippen LogP contribution in [0.4, 0.5) is 0 Å². The molecular weight excluding hydrogens is 244 g/mol. The Kier molecular flexibility index (Phi) is 4.36. The number of aliphatic hydroxyl groups is 1. The van der Waals surface area contributed by atoms with Gasteiger partial charge in [0.05, 0.1) is 19.6 Å². The summed E-state index contributed by atoms with van der Waals surface area (Å²) < 4.78 is 10.1. The zero-order valence-electron chi connectivity index (χ0n) is 10.7. The van der Waals surface area contributed by atoms with Gasteiger partial charge in [0.2, 0.25) is 0 Å². The van der Waals surface area contributed by atoms with Crippen LogP contribution in [0.3, 0.4) is 0 Å². The lowest BCUT2D eigenvalue weighted by molar-refractivity contribution is -0.143. The van der Waals surface area contributed by atoms with Gasteiger partial charge in [-0.2, -0.15) is 0 Å². The Bertz CT molecular complexity index is 560. The standard InChI is InChI=1S/C15H16O4/c1-18-15(17)9-12(16)10-19-14-8-4-6-11-5-2-3-7-13(11)14/h2-8,12,16H,9-10H2,1H3. The second-order valence-corrected chi connectivity index (χ2v) is 4.22. The molecule has 2 aromatic carbocycles. The molecule has 1 unspecified atom stereocenters. The van der Waals surface area contributed by atoms with Crippen molar-refractivity contribution in [3.05, 3.63) is 42.5 Å². The van der Waals surface area contributed by atoms with Crippen molar-refractivity contribution in [3.8, 4) is 5.75 Å². The number of ether oxygens (including phenoxy) is 2. The number of hydrogen-bond donors (Lipinski definition) is 1. The molecule has 0 fully saturated rings. The lowest BCUT2D eigenvalue weighted by atomic mass is 10.1. The summed E-state index contributed by atoms with van der Waals surface area (Å²) >= 11 is 0. The Hall–Kier alpha value is -2.07. The summed E-state index contributed by atoms with van der Waals surface area (Å²) in [6.07, 6.45) is -0.937. The van der Waals surface area contributed by atoms with Crippen LogP contribution in [0.15, 0.2) is 42.5 Å². The number of aliphatic hydroxyl groups excluding tert-OH is 1. The van der Waals surface area contributed by atoms with Gasteiger partial charge in [-0.1, -0.05) is 36.4 Å². The zero-order valence-corrected chi connectivity index (χ0v) is 10.7. The summed E-state index contributed by atoms with van der Waals surface area (Å²) in [5, 5.41) is 11.7. The molecule has 2 rings (SSSR count). The number of hydrogen-bond acceptors (Lipinski definition) is 4. The number of benzene rings is 2. The van der Waals surface area contributed by atoms with E-state index in [1.54, 1.807) is 0 Å². The second kappa shape index (κ2) is 6.20. The normalized spacial score (nSPS) is 12.1. The van der Waals surface area contributed by atoms with Crippen molar-refractivity contribution in [1.29, 1.82) is 0 Å². The van der Waals surface area contributed by atoms with Crippen LogP contribution >= 0.6 is 0 Å². The third-order valence-electron chi connectivity index (χ3n) is 2.81. The number of methoxy groups -OCH3 is 1. The molecular formula is C15H16O4. The lowest BCUT2D eigenvalue weighted by Gasteiger charge is -2.13. The molecule has 0 aromatic heterocycles. The molecule has 0 aliphatic rings. The van der Waals surface area contributed by atoms with E-state index < -0.39 is 12.1 Å². The monoisotopic (exact) mass is 260 g/mol. The lowest BCUT2D eigenvalue weighted by Crippen LogP contribution is -2.22. The quantitative estimate of drug-likeness (QED) is 0.837. The summed E-state index contributed by atoms with van der Waals surface area (Å²) in [5.74, 6) is 0.246. The molecule has 0 spiro atoms. The molecule has 0 bridgehead atoms. The molecule has 2 aromatic rings. The van der Waals surface area contributed by atoms with Crippen molar-refractivity contribution in [1.82, 2.24) is 0 Å². The van der Waals surface area contributed by atoms with Crippen LogP contribution in [0.25, 0.3) is 10.8 Å². The first-order valence-electron chi connectivity index (χ1n) is 6.06. The van der Waals surface area contributed by atoms with Crippen molar-refractivity contribution in [2.75, 3.05) is 13.7 Å². The molecule has 0 heterocycles. The molecule has 19 heavy (non-hydrogen) atoms. The smallest absolute Gasteiger partial charge is 0.308 e. The van der Waals surface area contributed by atoms with Gasteiger partial charge >= 0.3 is 5.97 Å². The first-order valence-corrected chi connectivity index (χ1v) is 6.06. The third-order valence-corrected chi connectivity index (χ3v) is 2.81. The van der Waals surface area contributed by atoms with Crippen molar-refractivity contribution in [3.63, 3.8) is 0 Å². The Morgan fingerprint density at radius 1 is 1.21 bits per heavy atom. The summed E-state index contributed by atoms with van der Waals surface area (Å²) in [5.41, 5.74) is 0. The van der Waals surface area contributed by atoms with Gasteiger partial charge in [-0.15, -0.1) is 0 Å². The predicted octanol–water partition coefficient (Wildman–Crippen LogP) is 2.14. The van der Waals surface area contributed by atoms with E-state index in [0.29, 0.717) is 5.75 Å². The van der Waals surface area contributed by atoms with Crippen molar-refractivity contribution < 1.29 is 19.4 Å². The van der Waals surface area contributed by atoms with E-state index in [0.717, 1.165) is 10.8 Å². The van der Waals surface area contributed by atoms with Crippen LogP contribution < -0.4 is 4.74 Å². The van der Waals surface area contributed by atoms with E-state index in [2.05, 4.69) is 4.74 Å². The van der Waals surface area contributed by atoms with Crippen LogP contribution in [0.1, 0.15) is 6.42 Å². The highest BCUT2D eigenvalue weighted by atomic mass is 16.5. The van der Waals surface area contributed by atoms with Gasteiger partial charge in [0.25, 0.3) is 0 Å². The zero-order chi connectivity index (χ0) is 13.7. The Labute approximate surface area is 111 Å². The Morgan fingerprint density at radius 3 is 2.74 bits per heavy atom. The molecule has 1 N–H and O–H groups in total. The first kappa shape index (κ1) is 13.4. The van der Waals surface area contributed by atoms with Gasteiger partial charge < -0.3 is 14.6 Å². The third kappa shape index (κ3) is 3.45. The largest absolute Gasteiger partial charge is 0.490 e. The molecule has 0 amide bonds. The Balaban J connectivity index is 2.04. The fourth-order valence-corrected chi connectivity index (χ4v) is 1.84. The van der Waals surface area contributed by atoms with Crippen molar-refractivity contribution in [2.24, 2.45) is 0 Å². The molecule has 0 aliphatic carbocycles. The summed E-state index contributed by atoms with van der Waals surface area (Å²) in [7, 11) is 1.29. The van der Waals surface area contributed by atoms with Crippen LogP contribution in [0.5, 0.6) is 5.75 Å². The number of rotatable bonds is 5. The van der Waals surface area contributed by atoms with Gasteiger partial charge in [0, 0.05) is 5.39 Å².